The van der Waals surface area contributed by atoms with E-state index in [2.05, 4.69) is 28.9 Å². The third-order valence-corrected chi connectivity index (χ3v) is 4.62. The van der Waals surface area contributed by atoms with E-state index in [4.69, 9.17) is 4.42 Å². The van der Waals surface area contributed by atoms with E-state index in [0.717, 1.165) is 22.3 Å². The Morgan fingerprint density at radius 1 is 0.926 bits per heavy atom. The lowest BCUT2D eigenvalue weighted by Gasteiger charge is -2.20. The number of aromatic hydroxyl groups is 1. The minimum absolute atomic E-state index is 0.186. The Bertz CT molecular complexity index is 1130. The molecule has 0 aliphatic carbocycles. The van der Waals surface area contributed by atoms with Crippen LogP contribution in [0.4, 0.5) is 17.3 Å². The van der Waals surface area contributed by atoms with Crippen molar-refractivity contribution in [2.24, 2.45) is 4.99 Å². The molecule has 0 radical (unpaired) electrons. The van der Waals surface area contributed by atoms with Crippen molar-refractivity contribution < 1.29 is 9.52 Å². The third kappa shape index (κ3) is 3.17. The highest BCUT2D eigenvalue weighted by molar-refractivity contribution is 6.00. The van der Waals surface area contributed by atoms with Crippen molar-refractivity contribution in [1.82, 2.24) is 0 Å². The quantitative estimate of drug-likeness (QED) is 0.459. The maximum atomic E-state index is 9.99. The molecular weight excluding hydrogens is 336 g/mol. The lowest BCUT2D eigenvalue weighted by Crippen LogP contribution is -2.10. The second-order valence-electron chi connectivity index (χ2n) is 6.41. The summed E-state index contributed by atoms with van der Waals surface area (Å²) in [6.07, 6.45) is 1.63. The smallest absolute Gasteiger partial charge is 0.244 e. The fourth-order valence-electron chi connectivity index (χ4n) is 3.22. The molecule has 0 aliphatic heterocycles. The van der Waals surface area contributed by atoms with Crippen molar-refractivity contribution in [3.8, 4) is 5.75 Å². The Hall–Kier alpha value is -3.53. The number of fused-ring (bicyclic) bond motifs is 1. The topological polar surface area (TPSA) is 49.0 Å². The molecule has 0 saturated carbocycles. The average molecular weight is 356 g/mol. The van der Waals surface area contributed by atoms with Crippen molar-refractivity contribution >= 4 is 34.4 Å². The summed E-state index contributed by atoms with van der Waals surface area (Å²) < 4.78 is 6.02. The summed E-state index contributed by atoms with van der Waals surface area (Å²) in [6, 6.07) is 23.2. The summed E-state index contributed by atoms with van der Waals surface area (Å²) in [6.45, 7) is 2.08. The summed E-state index contributed by atoms with van der Waals surface area (Å²) in [4.78, 5) is 6.65. The van der Waals surface area contributed by atoms with Gasteiger partial charge in [-0.2, -0.15) is 0 Å². The first-order chi connectivity index (χ1) is 13.1. The van der Waals surface area contributed by atoms with Crippen LogP contribution in [0.1, 0.15) is 11.1 Å². The molecule has 4 nitrogen and oxygen atoms in total. The van der Waals surface area contributed by atoms with Crippen molar-refractivity contribution in [3.63, 3.8) is 0 Å². The first kappa shape index (κ1) is 16.9. The number of furan rings is 1. The van der Waals surface area contributed by atoms with Crippen LogP contribution < -0.4 is 4.90 Å². The van der Waals surface area contributed by atoms with Gasteiger partial charge in [-0.05, 0) is 42.8 Å². The van der Waals surface area contributed by atoms with Crippen LogP contribution in [0.3, 0.4) is 0 Å². The molecule has 0 aliphatic rings. The molecule has 1 aromatic heterocycles. The molecule has 1 heterocycles. The lowest BCUT2D eigenvalue weighted by atomic mass is 10.1. The average Bonchev–Trinajstić information content (AvgIpc) is 3.05. The van der Waals surface area contributed by atoms with Crippen LogP contribution in [0.5, 0.6) is 5.75 Å². The molecule has 4 heteroatoms. The Balaban J connectivity index is 1.85. The number of para-hydroxylation sites is 3. The fraction of sp³-hybridized carbons (Fsp3) is 0.0870. The van der Waals surface area contributed by atoms with Crippen molar-refractivity contribution in [3.05, 3.63) is 83.9 Å². The SMILES string of the molecule is Cc1ccccc1N(C)c1c(N=Cc2ccccc2O)oc2ccccc12. The summed E-state index contributed by atoms with van der Waals surface area (Å²) in [5.41, 5.74) is 4.57. The molecule has 0 unspecified atom stereocenters. The number of aryl methyl sites for hydroxylation is 1. The van der Waals surface area contributed by atoms with Gasteiger partial charge in [0.2, 0.25) is 5.88 Å². The van der Waals surface area contributed by atoms with Gasteiger partial charge in [-0.15, -0.1) is 0 Å². The second kappa shape index (κ2) is 7.00. The maximum absolute atomic E-state index is 9.99. The molecular formula is C23H20N2O2. The highest BCUT2D eigenvalue weighted by Gasteiger charge is 2.19. The zero-order valence-electron chi connectivity index (χ0n) is 15.3. The number of rotatable bonds is 4. The van der Waals surface area contributed by atoms with Gasteiger partial charge >= 0.3 is 0 Å². The van der Waals surface area contributed by atoms with E-state index in [0.29, 0.717) is 11.4 Å². The predicted octanol–water partition coefficient (Wildman–Crippen LogP) is 5.97. The molecule has 3 aromatic carbocycles. The van der Waals surface area contributed by atoms with E-state index in [1.54, 1.807) is 18.3 Å². The minimum atomic E-state index is 0.186. The summed E-state index contributed by atoms with van der Waals surface area (Å²) in [5, 5.41) is 11.0. The van der Waals surface area contributed by atoms with E-state index >= 15 is 0 Å². The van der Waals surface area contributed by atoms with Crippen molar-refractivity contribution in [2.45, 2.75) is 6.92 Å². The Morgan fingerprint density at radius 3 is 2.44 bits per heavy atom. The molecule has 0 saturated heterocycles. The van der Waals surface area contributed by atoms with Gasteiger partial charge in [-0.25, -0.2) is 4.99 Å². The van der Waals surface area contributed by atoms with Gasteiger partial charge in [0, 0.05) is 29.9 Å². The molecule has 4 aromatic rings. The number of phenolic OH excluding ortho intramolecular Hbond substituents is 1. The molecule has 0 fully saturated rings. The Kier molecular flexibility index (Phi) is 4.38. The monoisotopic (exact) mass is 356 g/mol. The zero-order valence-corrected chi connectivity index (χ0v) is 15.3. The van der Waals surface area contributed by atoms with Crippen molar-refractivity contribution in [2.75, 3.05) is 11.9 Å². The first-order valence-corrected chi connectivity index (χ1v) is 8.78. The Morgan fingerprint density at radius 2 is 1.63 bits per heavy atom. The number of hydrogen-bond acceptors (Lipinski definition) is 4. The summed E-state index contributed by atoms with van der Waals surface area (Å²) >= 11 is 0. The minimum Gasteiger partial charge on any atom is -0.507 e. The highest BCUT2D eigenvalue weighted by atomic mass is 16.3. The van der Waals surface area contributed by atoms with E-state index in [1.807, 2.05) is 55.6 Å². The fourth-order valence-corrected chi connectivity index (χ4v) is 3.22. The maximum Gasteiger partial charge on any atom is 0.244 e. The van der Waals surface area contributed by atoms with Crippen LogP contribution in [-0.2, 0) is 0 Å². The van der Waals surface area contributed by atoms with E-state index in [-0.39, 0.29) is 5.75 Å². The van der Waals surface area contributed by atoms with Gasteiger partial charge in [0.1, 0.15) is 17.0 Å². The van der Waals surface area contributed by atoms with Crippen LogP contribution in [0, 0.1) is 6.92 Å². The van der Waals surface area contributed by atoms with E-state index in [1.165, 1.54) is 5.56 Å². The molecule has 4 rings (SSSR count). The third-order valence-electron chi connectivity index (χ3n) is 4.62. The van der Waals surface area contributed by atoms with Gasteiger partial charge in [0.05, 0.1) is 0 Å². The van der Waals surface area contributed by atoms with Gasteiger partial charge in [0.15, 0.2) is 0 Å². The van der Waals surface area contributed by atoms with Crippen LogP contribution in [0.25, 0.3) is 11.0 Å². The number of benzene rings is 3. The van der Waals surface area contributed by atoms with Gasteiger partial charge in [-0.1, -0.05) is 42.5 Å². The van der Waals surface area contributed by atoms with Gasteiger partial charge in [0.25, 0.3) is 0 Å². The number of phenols is 1. The molecule has 0 bridgehead atoms. The van der Waals surface area contributed by atoms with Crippen LogP contribution in [0.2, 0.25) is 0 Å². The molecule has 0 amide bonds. The first-order valence-electron chi connectivity index (χ1n) is 8.78. The van der Waals surface area contributed by atoms with Crippen molar-refractivity contribution in [1.29, 1.82) is 0 Å². The Labute approximate surface area is 158 Å². The molecule has 0 atom stereocenters. The van der Waals surface area contributed by atoms with Crippen LogP contribution in [-0.4, -0.2) is 18.4 Å². The summed E-state index contributed by atoms with van der Waals surface area (Å²) in [5.74, 6) is 0.691. The predicted molar refractivity (Wildman–Crippen MR) is 111 cm³/mol. The number of aliphatic imine (C=N–C) groups is 1. The van der Waals surface area contributed by atoms with E-state index < -0.39 is 0 Å². The molecule has 1 N–H and O–H groups in total. The lowest BCUT2D eigenvalue weighted by molar-refractivity contribution is 0.474. The zero-order chi connectivity index (χ0) is 18.8. The number of hydrogen-bond donors (Lipinski definition) is 1. The second-order valence-corrected chi connectivity index (χ2v) is 6.41. The largest absolute Gasteiger partial charge is 0.507 e. The molecule has 134 valence electrons. The van der Waals surface area contributed by atoms with E-state index in [9.17, 15) is 5.11 Å². The molecule has 27 heavy (non-hydrogen) atoms. The van der Waals surface area contributed by atoms with Gasteiger partial charge in [-0.3, -0.25) is 0 Å². The number of anilines is 2. The summed E-state index contributed by atoms with van der Waals surface area (Å²) in [7, 11) is 2.01. The molecule has 0 spiro atoms. The number of nitrogens with zero attached hydrogens (tertiary/aromatic N) is 2. The normalized spacial score (nSPS) is 11.3. The highest BCUT2D eigenvalue weighted by Crippen LogP contribution is 2.42. The van der Waals surface area contributed by atoms with Crippen LogP contribution in [0.15, 0.2) is 82.2 Å². The standard InChI is InChI=1S/C23H20N2O2/c1-16-9-3-6-12-19(16)25(2)22-18-11-5-8-14-21(18)27-23(22)24-15-17-10-4-7-13-20(17)26/h3-15,26H,1-2H3. The van der Waals surface area contributed by atoms with Gasteiger partial charge < -0.3 is 14.4 Å². The van der Waals surface area contributed by atoms with Crippen LogP contribution >= 0.6 is 0 Å².